The average molecular weight is 233 g/mol. The number of hydrogen-bond donors (Lipinski definition) is 0. The third kappa shape index (κ3) is 1.58. The summed E-state index contributed by atoms with van der Waals surface area (Å²) in [4.78, 5) is 24.0. The maximum Gasteiger partial charge on any atom is 0.324 e. The van der Waals surface area contributed by atoms with E-state index in [-0.39, 0.29) is 0 Å². The molecule has 0 fully saturated rings. The quantitative estimate of drug-likeness (QED) is 0.499. The molecule has 0 aromatic heterocycles. The van der Waals surface area contributed by atoms with Crippen LogP contribution in [0.1, 0.15) is 6.92 Å². The Kier molecular flexibility index (Phi) is 2.37. The summed E-state index contributed by atoms with van der Waals surface area (Å²) in [7, 11) is 0. The molecule has 0 aromatic rings. The van der Waals surface area contributed by atoms with Crippen molar-refractivity contribution < 1.29 is 9.72 Å². The number of amides is 1. The van der Waals surface area contributed by atoms with E-state index in [1.165, 1.54) is 6.08 Å². The van der Waals surface area contributed by atoms with Crippen LogP contribution in [0.3, 0.4) is 0 Å². The van der Waals surface area contributed by atoms with Crippen LogP contribution in [0.5, 0.6) is 0 Å². The topological polar surface area (TPSA) is 72.6 Å². The van der Waals surface area contributed by atoms with Crippen molar-refractivity contribution in [1.82, 2.24) is 0 Å². The van der Waals surface area contributed by atoms with Gasteiger partial charge in [-0.3, -0.25) is 14.9 Å². The van der Waals surface area contributed by atoms with Crippen LogP contribution in [0.15, 0.2) is 15.6 Å². The zero-order valence-electron chi connectivity index (χ0n) is 6.15. The van der Waals surface area contributed by atoms with Crippen molar-refractivity contribution in [3.05, 3.63) is 20.7 Å². The molecule has 1 heterocycles. The molecule has 1 amide bonds. The first-order chi connectivity index (χ1) is 5.52. The highest BCUT2D eigenvalue weighted by Crippen LogP contribution is 2.16. The average Bonchev–Trinajstić information content (AvgIpc) is 1.96. The van der Waals surface area contributed by atoms with Gasteiger partial charge in [-0.25, -0.2) is 4.99 Å². The van der Waals surface area contributed by atoms with Crippen LogP contribution >= 0.6 is 15.9 Å². The van der Waals surface area contributed by atoms with E-state index in [2.05, 4.69) is 20.9 Å². The lowest BCUT2D eigenvalue weighted by Crippen LogP contribution is -2.29. The lowest BCUT2D eigenvalue weighted by atomic mass is 10.2. The summed E-state index contributed by atoms with van der Waals surface area (Å²) in [6.45, 7) is 1.61. The van der Waals surface area contributed by atoms with Crippen molar-refractivity contribution in [1.29, 1.82) is 0 Å². The van der Waals surface area contributed by atoms with Crippen LogP contribution in [0.4, 0.5) is 0 Å². The smallest absolute Gasteiger partial charge is 0.264 e. The predicted octanol–water partition coefficient (Wildman–Crippen LogP) is 0.912. The third-order valence-electron chi connectivity index (χ3n) is 1.41. The van der Waals surface area contributed by atoms with Crippen molar-refractivity contribution in [3.8, 4) is 0 Å². The molecule has 0 radical (unpaired) electrons. The summed E-state index contributed by atoms with van der Waals surface area (Å²) < 4.78 is 0.504. The van der Waals surface area contributed by atoms with E-state index in [4.69, 9.17) is 0 Å². The fourth-order valence-electron chi connectivity index (χ4n) is 0.766. The summed E-state index contributed by atoms with van der Waals surface area (Å²) in [5, 5.41) is 10.3. The van der Waals surface area contributed by atoms with E-state index < -0.39 is 16.9 Å². The summed E-state index contributed by atoms with van der Waals surface area (Å²) in [5.41, 5.74) is 0.470. The Balaban J connectivity index is 2.99. The highest BCUT2D eigenvalue weighted by atomic mass is 79.9. The van der Waals surface area contributed by atoms with Crippen LogP contribution in [0.2, 0.25) is 0 Å². The second-order valence-electron chi connectivity index (χ2n) is 2.28. The monoisotopic (exact) mass is 232 g/mol. The second kappa shape index (κ2) is 3.14. The molecule has 1 rings (SSSR count). The van der Waals surface area contributed by atoms with Crippen molar-refractivity contribution in [2.24, 2.45) is 4.99 Å². The maximum atomic E-state index is 10.9. The summed E-state index contributed by atoms with van der Waals surface area (Å²) in [6, 6.07) is -1.33. The maximum absolute atomic E-state index is 10.9. The van der Waals surface area contributed by atoms with Crippen molar-refractivity contribution in [2.45, 2.75) is 13.0 Å². The number of hydrogen-bond acceptors (Lipinski definition) is 3. The number of dihydropyridines is 1. The number of allylic oxidation sites excluding steroid dienone is 1. The second-order valence-corrected chi connectivity index (χ2v) is 3.13. The number of carbonyl (C=O) groups excluding carboxylic acids is 1. The molecule has 1 atom stereocenters. The van der Waals surface area contributed by atoms with Crippen LogP contribution in [0, 0.1) is 10.1 Å². The van der Waals surface area contributed by atoms with Gasteiger partial charge in [0.15, 0.2) is 0 Å². The molecule has 0 bridgehead atoms. The Bertz CT molecular complexity index is 308. The third-order valence-corrected chi connectivity index (χ3v) is 2.25. The normalized spacial score (nSPS) is 23.2. The molecule has 6 heteroatoms. The van der Waals surface area contributed by atoms with E-state index >= 15 is 0 Å². The molecular formula is C6H5BrN2O3. The summed E-state index contributed by atoms with van der Waals surface area (Å²) >= 11 is 3.06. The Hall–Kier alpha value is -1.04. The molecule has 0 N–H and O–H groups in total. The number of nitro groups is 1. The first kappa shape index (κ1) is 9.05. The van der Waals surface area contributed by atoms with Gasteiger partial charge in [-0.15, -0.1) is 0 Å². The molecule has 1 aliphatic heterocycles. The number of halogens is 1. The molecule has 0 spiro atoms. The number of rotatable bonds is 1. The van der Waals surface area contributed by atoms with E-state index in [9.17, 15) is 14.9 Å². The first-order valence-corrected chi connectivity index (χ1v) is 3.92. The predicted molar refractivity (Wildman–Crippen MR) is 45.9 cm³/mol. The van der Waals surface area contributed by atoms with Gasteiger partial charge >= 0.3 is 11.9 Å². The number of carbonyl (C=O) groups is 1. The molecule has 64 valence electrons. The van der Waals surface area contributed by atoms with E-state index in [1.54, 1.807) is 6.92 Å². The van der Waals surface area contributed by atoms with E-state index in [1.807, 2.05) is 0 Å². The SMILES string of the molecule is CC1=NC(=O)[C@H]([N+](=O)[O-])C=C1Br. The minimum atomic E-state index is -1.33. The first-order valence-electron chi connectivity index (χ1n) is 3.12. The Morgan fingerprint density at radius 2 is 2.33 bits per heavy atom. The highest BCUT2D eigenvalue weighted by Gasteiger charge is 2.30. The minimum Gasteiger partial charge on any atom is -0.264 e. The largest absolute Gasteiger partial charge is 0.324 e. The van der Waals surface area contributed by atoms with Crippen LogP contribution in [-0.4, -0.2) is 22.6 Å². The molecular weight excluding hydrogens is 228 g/mol. The van der Waals surface area contributed by atoms with Crippen LogP contribution in [0.25, 0.3) is 0 Å². The molecule has 12 heavy (non-hydrogen) atoms. The van der Waals surface area contributed by atoms with Gasteiger partial charge in [0, 0.05) is 15.5 Å². The standard InChI is InChI=1S/C6H5BrN2O3/c1-3-4(7)2-5(9(11)12)6(10)8-3/h2,5H,1H3/t5-/m1/s1. The Morgan fingerprint density at radius 3 is 2.83 bits per heavy atom. The van der Waals surface area contributed by atoms with Crippen molar-refractivity contribution in [2.75, 3.05) is 0 Å². The highest BCUT2D eigenvalue weighted by molar-refractivity contribution is 9.12. The van der Waals surface area contributed by atoms with Crippen LogP contribution in [-0.2, 0) is 4.79 Å². The molecule has 0 saturated carbocycles. The fourth-order valence-corrected chi connectivity index (χ4v) is 1.11. The van der Waals surface area contributed by atoms with E-state index in [0.29, 0.717) is 10.2 Å². The molecule has 0 aliphatic carbocycles. The summed E-state index contributed by atoms with van der Waals surface area (Å²) in [5.74, 6) is -0.722. The van der Waals surface area contributed by atoms with E-state index in [0.717, 1.165) is 0 Å². The van der Waals surface area contributed by atoms with Gasteiger partial charge in [0.2, 0.25) is 0 Å². The van der Waals surface area contributed by atoms with Crippen molar-refractivity contribution in [3.63, 3.8) is 0 Å². The lowest BCUT2D eigenvalue weighted by molar-refractivity contribution is -0.495. The van der Waals surface area contributed by atoms with Gasteiger partial charge in [-0.05, 0) is 22.9 Å². The van der Waals surface area contributed by atoms with Crippen LogP contribution < -0.4 is 0 Å². The lowest BCUT2D eigenvalue weighted by Gasteiger charge is -2.07. The Labute approximate surface area is 76.4 Å². The molecule has 0 unspecified atom stereocenters. The Morgan fingerprint density at radius 1 is 1.75 bits per heavy atom. The van der Waals surface area contributed by atoms with Gasteiger partial charge in [-0.2, -0.15) is 0 Å². The number of aliphatic imine (C=N–C) groups is 1. The number of nitrogens with zero attached hydrogens (tertiary/aromatic N) is 2. The fraction of sp³-hybridized carbons (Fsp3) is 0.333. The van der Waals surface area contributed by atoms with Gasteiger partial charge < -0.3 is 0 Å². The molecule has 5 nitrogen and oxygen atoms in total. The zero-order valence-corrected chi connectivity index (χ0v) is 7.74. The molecule has 1 aliphatic rings. The van der Waals surface area contributed by atoms with Gasteiger partial charge in [0.05, 0.1) is 5.71 Å². The van der Waals surface area contributed by atoms with Gasteiger partial charge in [0.1, 0.15) is 0 Å². The van der Waals surface area contributed by atoms with Gasteiger partial charge in [0.25, 0.3) is 0 Å². The van der Waals surface area contributed by atoms with Gasteiger partial charge in [-0.1, -0.05) is 0 Å². The zero-order chi connectivity index (χ0) is 9.30. The minimum absolute atomic E-state index is 0.470. The molecule has 0 aromatic carbocycles. The van der Waals surface area contributed by atoms with Crippen molar-refractivity contribution >= 4 is 27.5 Å². The molecule has 0 saturated heterocycles. The summed E-state index contributed by atoms with van der Waals surface area (Å²) in [6.07, 6.45) is 1.24.